The predicted octanol–water partition coefficient (Wildman–Crippen LogP) is 4.30. The van der Waals surface area contributed by atoms with Gasteiger partial charge < -0.3 is 15.0 Å². The third-order valence-electron chi connectivity index (χ3n) is 4.86. The minimum atomic E-state index is 0.0728. The van der Waals surface area contributed by atoms with E-state index in [1.807, 2.05) is 48.5 Å². The lowest BCUT2D eigenvalue weighted by molar-refractivity contribution is -0.121. The number of nitrogens with one attached hydrogen (secondary N) is 1. The first kappa shape index (κ1) is 18.9. The molecule has 2 aromatic rings. The molecule has 0 spiro atoms. The van der Waals surface area contributed by atoms with Crippen LogP contribution in [0.15, 0.2) is 48.5 Å². The lowest BCUT2D eigenvalue weighted by Gasteiger charge is -2.31. The number of anilines is 1. The number of carbonyl (C=O) groups excluding carboxylic acids is 1. The van der Waals surface area contributed by atoms with Crippen molar-refractivity contribution in [1.82, 2.24) is 4.90 Å². The van der Waals surface area contributed by atoms with Crippen LogP contribution in [-0.4, -0.2) is 44.2 Å². The molecule has 1 fully saturated rings. The molecule has 0 radical (unpaired) electrons. The Morgan fingerprint density at radius 1 is 1.15 bits per heavy atom. The van der Waals surface area contributed by atoms with Crippen LogP contribution in [0, 0.1) is 5.92 Å². The molecule has 4 nitrogen and oxygen atoms in total. The molecule has 26 heavy (non-hydrogen) atoms. The summed E-state index contributed by atoms with van der Waals surface area (Å²) >= 11 is 6.08. The van der Waals surface area contributed by atoms with Gasteiger partial charge in [-0.05, 0) is 61.3 Å². The van der Waals surface area contributed by atoms with Crippen molar-refractivity contribution < 1.29 is 9.53 Å². The molecule has 0 aliphatic carbocycles. The second-order valence-electron chi connectivity index (χ2n) is 6.69. The van der Waals surface area contributed by atoms with Crippen molar-refractivity contribution in [1.29, 1.82) is 0 Å². The summed E-state index contributed by atoms with van der Waals surface area (Å²) in [5.74, 6) is 0.184. The molecule has 5 heteroatoms. The normalized spacial score (nSPS) is 15.8. The highest BCUT2D eigenvalue weighted by Gasteiger charge is 2.24. The van der Waals surface area contributed by atoms with E-state index < -0.39 is 0 Å². The predicted molar refractivity (Wildman–Crippen MR) is 107 cm³/mol. The van der Waals surface area contributed by atoms with Crippen LogP contribution >= 0.6 is 11.6 Å². The maximum absolute atomic E-state index is 12.6. The van der Waals surface area contributed by atoms with E-state index in [4.69, 9.17) is 16.3 Å². The van der Waals surface area contributed by atoms with Gasteiger partial charge in [-0.3, -0.25) is 4.79 Å². The minimum absolute atomic E-state index is 0.0728. The first-order valence-corrected chi connectivity index (χ1v) is 9.41. The van der Waals surface area contributed by atoms with Gasteiger partial charge in [0.2, 0.25) is 5.91 Å². The Balaban J connectivity index is 1.59. The largest absolute Gasteiger partial charge is 0.383 e. The van der Waals surface area contributed by atoms with Crippen LogP contribution in [0.5, 0.6) is 0 Å². The molecule has 0 unspecified atom stereocenters. The zero-order valence-electron chi connectivity index (χ0n) is 15.1. The number of carbonyl (C=O) groups is 1. The van der Waals surface area contributed by atoms with Crippen molar-refractivity contribution >= 4 is 23.2 Å². The summed E-state index contributed by atoms with van der Waals surface area (Å²) in [5.41, 5.74) is 2.91. The Kier molecular flexibility index (Phi) is 6.67. The average Bonchev–Trinajstić information content (AvgIpc) is 2.67. The number of methoxy groups -OCH3 is 1. The molecule has 138 valence electrons. The van der Waals surface area contributed by atoms with Crippen molar-refractivity contribution in [2.45, 2.75) is 12.8 Å². The molecule has 1 N–H and O–H groups in total. The van der Waals surface area contributed by atoms with E-state index in [1.54, 1.807) is 7.11 Å². The first-order valence-electron chi connectivity index (χ1n) is 9.04. The molecule has 1 aliphatic heterocycles. The quantitative estimate of drug-likeness (QED) is 0.821. The topological polar surface area (TPSA) is 41.6 Å². The second kappa shape index (κ2) is 9.17. The Hall–Kier alpha value is -1.88. The number of halogens is 1. The molecule has 0 atom stereocenters. The number of piperidine rings is 1. The third kappa shape index (κ3) is 5.07. The van der Waals surface area contributed by atoms with Crippen LogP contribution < -0.4 is 5.32 Å². The van der Waals surface area contributed by atoms with E-state index in [2.05, 4.69) is 10.2 Å². The lowest BCUT2D eigenvalue weighted by Crippen LogP contribution is -2.39. The van der Waals surface area contributed by atoms with Gasteiger partial charge in [0.05, 0.1) is 6.61 Å². The fourth-order valence-electron chi connectivity index (χ4n) is 3.33. The fraction of sp³-hybridized carbons (Fsp3) is 0.381. The molecule has 1 saturated heterocycles. The summed E-state index contributed by atoms with van der Waals surface area (Å²) in [6.45, 7) is 3.58. The molecular formula is C21H25ClN2O2. The number of hydrogen-bond donors (Lipinski definition) is 1. The minimum Gasteiger partial charge on any atom is -0.383 e. The molecule has 0 saturated carbocycles. The van der Waals surface area contributed by atoms with Gasteiger partial charge in [-0.25, -0.2) is 0 Å². The Labute approximate surface area is 160 Å². The van der Waals surface area contributed by atoms with Gasteiger partial charge in [0.1, 0.15) is 0 Å². The zero-order valence-corrected chi connectivity index (χ0v) is 15.8. The third-order valence-corrected chi connectivity index (χ3v) is 5.09. The highest BCUT2D eigenvalue weighted by Crippen LogP contribution is 2.26. The number of likely N-dealkylation sites (tertiary alicyclic amines) is 1. The van der Waals surface area contributed by atoms with Gasteiger partial charge >= 0.3 is 0 Å². The Morgan fingerprint density at radius 3 is 2.54 bits per heavy atom. The van der Waals surface area contributed by atoms with E-state index in [0.29, 0.717) is 5.02 Å². The summed E-state index contributed by atoms with van der Waals surface area (Å²) in [6, 6.07) is 15.6. The average molecular weight is 373 g/mol. The van der Waals surface area contributed by atoms with Crippen LogP contribution in [0.2, 0.25) is 5.02 Å². The van der Waals surface area contributed by atoms with Crippen molar-refractivity contribution in [3.63, 3.8) is 0 Å². The van der Waals surface area contributed by atoms with Crippen molar-refractivity contribution in [3.05, 3.63) is 53.6 Å². The number of benzene rings is 2. The maximum atomic E-state index is 12.6. The van der Waals surface area contributed by atoms with Gasteiger partial charge in [0, 0.05) is 30.3 Å². The van der Waals surface area contributed by atoms with E-state index >= 15 is 0 Å². The van der Waals surface area contributed by atoms with Crippen molar-refractivity contribution in [2.24, 2.45) is 5.92 Å². The summed E-state index contributed by atoms with van der Waals surface area (Å²) in [4.78, 5) is 15.0. The van der Waals surface area contributed by atoms with Crippen LogP contribution in [0.4, 0.5) is 5.69 Å². The Morgan fingerprint density at radius 2 is 1.85 bits per heavy atom. The Bertz CT molecular complexity index is 742. The lowest BCUT2D eigenvalue weighted by atomic mass is 9.95. The van der Waals surface area contributed by atoms with Gasteiger partial charge in [0.25, 0.3) is 0 Å². The number of hydrogen-bond acceptors (Lipinski definition) is 3. The highest BCUT2D eigenvalue weighted by molar-refractivity contribution is 6.30. The highest BCUT2D eigenvalue weighted by atomic mass is 35.5. The molecule has 0 bridgehead atoms. The number of amides is 1. The molecule has 0 aromatic heterocycles. The van der Waals surface area contributed by atoms with E-state index in [-0.39, 0.29) is 11.8 Å². The first-order chi connectivity index (χ1) is 12.7. The van der Waals surface area contributed by atoms with E-state index in [9.17, 15) is 4.79 Å². The summed E-state index contributed by atoms with van der Waals surface area (Å²) < 4.78 is 5.12. The van der Waals surface area contributed by atoms with Gasteiger partial charge in [-0.15, -0.1) is 0 Å². The number of nitrogens with zero attached hydrogens (tertiary/aromatic N) is 1. The molecule has 1 heterocycles. The van der Waals surface area contributed by atoms with Gasteiger partial charge in [0.15, 0.2) is 0 Å². The standard InChI is InChI=1S/C21H25ClN2O2/c1-26-13-12-24-10-8-16(9-11-24)21(25)23-20-7-3-5-18(15-20)17-4-2-6-19(22)14-17/h2-7,14-16H,8-13H2,1H3,(H,23,25). The van der Waals surface area contributed by atoms with E-state index in [1.165, 1.54) is 0 Å². The smallest absolute Gasteiger partial charge is 0.227 e. The molecular weight excluding hydrogens is 348 g/mol. The molecule has 2 aromatic carbocycles. The van der Waals surface area contributed by atoms with Gasteiger partial charge in [-0.1, -0.05) is 35.9 Å². The zero-order chi connectivity index (χ0) is 18.4. The van der Waals surface area contributed by atoms with Crippen LogP contribution in [-0.2, 0) is 9.53 Å². The summed E-state index contributed by atoms with van der Waals surface area (Å²) in [5, 5.41) is 3.78. The maximum Gasteiger partial charge on any atom is 0.227 e. The van der Waals surface area contributed by atoms with Crippen molar-refractivity contribution in [3.8, 4) is 11.1 Å². The number of rotatable bonds is 6. The van der Waals surface area contributed by atoms with Crippen LogP contribution in [0.3, 0.4) is 0 Å². The SMILES string of the molecule is COCCN1CCC(C(=O)Nc2cccc(-c3cccc(Cl)c3)c2)CC1. The van der Waals surface area contributed by atoms with Crippen molar-refractivity contribution in [2.75, 3.05) is 38.7 Å². The molecule has 3 rings (SSSR count). The van der Waals surface area contributed by atoms with Crippen LogP contribution in [0.1, 0.15) is 12.8 Å². The monoisotopic (exact) mass is 372 g/mol. The van der Waals surface area contributed by atoms with E-state index in [0.717, 1.165) is 55.9 Å². The number of ether oxygens (including phenoxy) is 1. The molecule has 1 aliphatic rings. The van der Waals surface area contributed by atoms with Gasteiger partial charge in [-0.2, -0.15) is 0 Å². The summed E-state index contributed by atoms with van der Waals surface area (Å²) in [7, 11) is 1.72. The fourth-order valence-corrected chi connectivity index (χ4v) is 3.52. The molecule has 1 amide bonds. The summed E-state index contributed by atoms with van der Waals surface area (Å²) in [6.07, 6.45) is 1.78. The van der Waals surface area contributed by atoms with Crippen LogP contribution in [0.25, 0.3) is 11.1 Å². The second-order valence-corrected chi connectivity index (χ2v) is 7.13.